The van der Waals surface area contributed by atoms with Crippen molar-refractivity contribution < 1.29 is 9.53 Å². The SMILES string of the molecule is COc1c(Br)cc(C[C@]2(N)CC[C@H]3CN(Cc4ccccc4)CCN3C2=O)cc1Br. The Balaban J connectivity index is 1.44. The molecule has 2 saturated heterocycles. The molecular formula is C23H27Br2N3O2. The number of carbonyl (C=O) groups excluding carboxylic acids is 1. The van der Waals surface area contributed by atoms with Gasteiger partial charge in [-0.25, -0.2) is 0 Å². The van der Waals surface area contributed by atoms with Crippen molar-refractivity contribution in [2.45, 2.75) is 37.4 Å². The summed E-state index contributed by atoms with van der Waals surface area (Å²) in [6.07, 6.45) is 2.16. The van der Waals surface area contributed by atoms with Gasteiger partial charge in [-0.05, 0) is 74.4 Å². The zero-order chi connectivity index (χ0) is 21.3. The Morgan fingerprint density at radius 3 is 2.50 bits per heavy atom. The number of rotatable bonds is 5. The molecule has 4 rings (SSSR count). The highest BCUT2D eigenvalue weighted by Gasteiger charge is 2.46. The topological polar surface area (TPSA) is 58.8 Å². The first-order chi connectivity index (χ1) is 14.4. The van der Waals surface area contributed by atoms with Crippen molar-refractivity contribution in [3.05, 3.63) is 62.5 Å². The van der Waals surface area contributed by atoms with E-state index in [1.807, 2.05) is 23.1 Å². The largest absolute Gasteiger partial charge is 0.494 e. The minimum absolute atomic E-state index is 0.0844. The van der Waals surface area contributed by atoms with Crippen LogP contribution in [0.5, 0.6) is 5.75 Å². The molecule has 2 N–H and O–H groups in total. The summed E-state index contributed by atoms with van der Waals surface area (Å²) in [5, 5.41) is 0. The van der Waals surface area contributed by atoms with Gasteiger partial charge in [0.25, 0.3) is 0 Å². The maximum Gasteiger partial charge on any atom is 0.243 e. The molecule has 0 spiro atoms. The molecule has 0 aliphatic carbocycles. The summed E-state index contributed by atoms with van der Waals surface area (Å²) in [4.78, 5) is 17.9. The number of ether oxygens (including phenoxy) is 1. The lowest BCUT2D eigenvalue weighted by atomic mass is 9.80. The second-order valence-corrected chi connectivity index (χ2v) is 10.0. The van der Waals surface area contributed by atoms with Gasteiger partial charge >= 0.3 is 0 Å². The van der Waals surface area contributed by atoms with Crippen LogP contribution >= 0.6 is 31.9 Å². The van der Waals surface area contributed by atoms with Crippen molar-refractivity contribution in [1.29, 1.82) is 0 Å². The van der Waals surface area contributed by atoms with E-state index in [4.69, 9.17) is 10.5 Å². The number of hydrogen-bond acceptors (Lipinski definition) is 4. The standard InChI is InChI=1S/C23H27Br2N3O2/c1-30-21-19(24)11-17(12-20(21)25)13-23(26)8-7-18-15-27(9-10-28(18)22(23)29)14-16-5-3-2-4-6-16/h2-6,11-12,18H,7-10,13-15,26H2,1H3/t18-,23+/m0/s1. The molecule has 0 radical (unpaired) electrons. The lowest BCUT2D eigenvalue weighted by molar-refractivity contribution is -0.147. The van der Waals surface area contributed by atoms with Crippen LogP contribution in [-0.4, -0.2) is 54.0 Å². The van der Waals surface area contributed by atoms with E-state index in [0.29, 0.717) is 12.8 Å². The molecular weight excluding hydrogens is 510 g/mol. The minimum Gasteiger partial charge on any atom is -0.494 e. The van der Waals surface area contributed by atoms with Gasteiger partial charge in [0.2, 0.25) is 5.91 Å². The van der Waals surface area contributed by atoms with Crippen molar-refractivity contribution in [3.63, 3.8) is 0 Å². The van der Waals surface area contributed by atoms with Gasteiger partial charge in [-0.3, -0.25) is 9.69 Å². The van der Waals surface area contributed by atoms with Crippen LogP contribution in [0.25, 0.3) is 0 Å². The van der Waals surface area contributed by atoms with Gasteiger partial charge in [0.15, 0.2) is 0 Å². The first kappa shape index (κ1) is 21.8. The number of halogens is 2. The van der Waals surface area contributed by atoms with Gasteiger partial charge in [-0.15, -0.1) is 0 Å². The van der Waals surface area contributed by atoms with Crippen LogP contribution in [0.3, 0.4) is 0 Å². The smallest absolute Gasteiger partial charge is 0.243 e. The summed E-state index contributed by atoms with van der Waals surface area (Å²) in [5.74, 6) is 0.829. The predicted octanol–water partition coefficient (Wildman–Crippen LogP) is 3.97. The van der Waals surface area contributed by atoms with E-state index in [1.165, 1.54) is 5.56 Å². The number of hydrogen-bond donors (Lipinski definition) is 1. The average molecular weight is 537 g/mol. The van der Waals surface area contributed by atoms with E-state index in [-0.39, 0.29) is 11.9 Å². The van der Waals surface area contributed by atoms with Crippen LogP contribution in [0.2, 0.25) is 0 Å². The highest BCUT2D eigenvalue weighted by Crippen LogP contribution is 2.37. The maximum atomic E-state index is 13.4. The normalized spacial score (nSPS) is 24.6. The summed E-state index contributed by atoms with van der Waals surface area (Å²) < 4.78 is 7.10. The Kier molecular flexibility index (Phi) is 6.53. The van der Waals surface area contributed by atoms with E-state index in [9.17, 15) is 4.79 Å². The van der Waals surface area contributed by atoms with Crippen molar-refractivity contribution >= 4 is 37.8 Å². The summed E-state index contributed by atoms with van der Waals surface area (Å²) >= 11 is 7.10. The number of amides is 1. The Labute approximate surface area is 194 Å². The van der Waals surface area contributed by atoms with E-state index in [1.54, 1.807) is 7.11 Å². The van der Waals surface area contributed by atoms with Gasteiger partial charge in [0, 0.05) is 32.2 Å². The van der Waals surface area contributed by atoms with E-state index < -0.39 is 5.54 Å². The van der Waals surface area contributed by atoms with Crippen LogP contribution in [0.4, 0.5) is 0 Å². The molecule has 2 aromatic carbocycles. The molecule has 0 unspecified atom stereocenters. The Morgan fingerprint density at radius 1 is 1.13 bits per heavy atom. The summed E-state index contributed by atoms with van der Waals surface area (Å²) in [5.41, 5.74) is 8.18. The van der Waals surface area contributed by atoms with Crippen molar-refractivity contribution in [1.82, 2.24) is 9.80 Å². The second-order valence-electron chi connectivity index (χ2n) is 8.34. The Morgan fingerprint density at radius 2 is 1.83 bits per heavy atom. The summed E-state index contributed by atoms with van der Waals surface area (Å²) in [6.45, 7) is 3.47. The van der Waals surface area contributed by atoms with Crippen LogP contribution in [0.15, 0.2) is 51.4 Å². The molecule has 2 aliphatic heterocycles. The third-order valence-corrected chi connectivity index (χ3v) is 7.39. The average Bonchev–Trinajstić information content (AvgIpc) is 2.72. The monoisotopic (exact) mass is 535 g/mol. The Bertz CT molecular complexity index is 901. The number of benzene rings is 2. The number of methoxy groups -OCH3 is 1. The van der Waals surface area contributed by atoms with Crippen molar-refractivity contribution in [3.8, 4) is 5.75 Å². The molecule has 0 saturated carbocycles. The third kappa shape index (κ3) is 4.44. The second kappa shape index (κ2) is 8.99. The lowest BCUT2D eigenvalue weighted by Gasteiger charge is -2.49. The molecule has 30 heavy (non-hydrogen) atoms. The highest BCUT2D eigenvalue weighted by atomic mass is 79.9. The van der Waals surface area contributed by atoms with Crippen LogP contribution in [0.1, 0.15) is 24.0 Å². The van der Waals surface area contributed by atoms with Gasteiger partial charge in [-0.1, -0.05) is 30.3 Å². The number of nitrogens with two attached hydrogens (primary N) is 1. The number of nitrogens with zero attached hydrogens (tertiary/aromatic N) is 2. The first-order valence-electron chi connectivity index (χ1n) is 10.3. The molecule has 160 valence electrons. The molecule has 0 bridgehead atoms. The molecule has 2 heterocycles. The number of piperazine rings is 1. The molecule has 2 aliphatic rings. The molecule has 7 heteroatoms. The lowest BCUT2D eigenvalue weighted by Crippen LogP contribution is -2.67. The first-order valence-corrected chi connectivity index (χ1v) is 11.9. The zero-order valence-electron chi connectivity index (χ0n) is 17.1. The zero-order valence-corrected chi connectivity index (χ0v) is 20.3. The van der Waals surface area contributed by atoms with E-state index >= 15 is 0 Å². The fourth-order valence-corrected chi connectivity index (χ4v) is 6.28. The summed E-state index contributed by atoms with van der Waals surface area (Å²) in [6, 6.07) is 14.8. The fraction of sp³-hybridized carbons (Fsp3) is 0.435. The Hall–Kier alpha value is -1.41. The van der Waals surface area contributed by atoms with Crippen molar-refractivity contribution in [2.24, 2.45) is 5.73 Å². The quantitative estimate of drug-likeness (QED) is 0.628. The van der Waals surface area contributed by atoms with Gasteiger partial charge in [-0.2, -0.15) is 0 Å². The van der Waals surface area contributed by atoms with Crippen LogP contribution < -0.4 is 10.5 Å². The van der Waals surface area contributed by atoms with Crippen LogP contribution in [-0.2, 0) is 17.8 Å². The molecule has 2 aromatic rings. The molecule has 1 amide bonds. The van der Waals surface area contributed by atoms with Gasteiger partial charge < -0.3 is 15.4 Å². The predicted molar refractivity (Wildman–Crippen MR) is 125 cm³/mol. The van der Waals surface area contributed by atoms with E-state index in [0.717, 1.165) is 52.9 Å². The maximum absolute atomic E-state index is 13.4. The summed E-state index contributed by atoms with van der Waals surface area (Å²) in [7, 11) is 1.64. The number of carbonyl (C=O) groups is 1. The van der Waals surface area contributed by atoms with Crippen LogP contribution in [0, 0.1) is 0 Å². The number of piperidine rings is 1. The minimum atomic E-state index is -0.856. The molecule has 5 nitrogen and oxygen atoms in total. The molecule has 0 aromatic heterocycles. The fourth-order valence-electron chi connectivity index (χ4n) is 4.67. The molecule has 2 atom stereocenters. The highest BCUT2D eigenvalue weighted by molar-refractivity contribution is 9.11. The molecule has 2 fully saturated rings. The third-order valence-electron chi connectivity index (χ3n) is 6.21. The number of fused-ring (bicyclic) bond motifs is 1. The van der Waals surface area contributed by atoms with E-state index in [2.05, 4.69) is 61.0 Å². The van der Waals surface area contributed by atoms with Gasteiger partial charge in [0.1, 0.15) is 5.75 Å². The van der Waals surface area contributed by atoms with Gasteiger partial charge in [0.05, 0.1) is 21.6 Å². The van der Waals surface area contributed by atoms with Crippen molar-refractivity contribution in [2.75, 3.05) is 26.7 Å².